The Balaban J connectivity index is 1.86. The molecular weight excluding hydrogens is 677 g/mol. The zero-order valence-corrected chi connectivity index (χ0v) is 29.8. The summed E-state index contributed by atoms with van der Waals surface area (Å²) in [5.74, 6) is -0.972. The molecule has 0 aliphatic carbocycles. The molecule has 4 aromatic rings. The summed E-state index contributed by atoms with van der Waals surface area (Å²) in [6.07, 6.45) is 0.859. The summed E-state index contributed by atoms with van der Waals surface area (Å²) in [5, 5.41) is 4.09. The normalized spacial score (nSPS) is 12.7. The van der Waals surface area contributed by atoms with Crippen LogP contribution in [0.5, 0.6) is 0 Å². The fourth-order valence-corrected chi connectivity index (χ4v) is 7.16. The Labute approximate surface area is 292 Å². The van der Waals surface area contributed by atoms with Gasteiger partial charge in [0.05, 0.1) is 10.6 Å². The Bertz CT molecular complexity index is 1820. The molecule has 0 saturated carbocycles. The van der Waals surface area contributed by atoms with Gasteiger partial charge in [-0.15, -0.1) is 0 Å². The summed E-state index contributed by atoms with van der Waals surface area (Å²) in [6.45, 7) is 6.71. The van der Waals surface area contributed by atoms with Crippen LogP contribution < -0.4 is 9.62 Å². The highest BCUT2D eigenvalue weighted by Gasteiger charge is 2.35. The Morgan fingerprint density at radius 3 is 2.17 bits per heavy atom. The molecule has 0 fully saturated rings. The molecule has 2 amide bonds. The highest BCUT2D eigenvalue weighted by Crippen LogP contribution is 2.32. The SMILES string of the molecule is CC[C@H](C)NC(=O)[C@@H](Cc1ccccc1)N(Cc1ccc(Cl)cc1Cl)C(=O)CN(c1cccc(Cl)c1C)S(=O)(=O)c1ccc(C)cc1. The molecule has 0 aliphatic heterocycles. The van der Waals surface area contributed by atoms with Crippen LogP contribution in [-0.2, 0) is 32.6 Å². The van der Waals surface area contributed by atoms with E-state index in [-0.39, 0.29) is 35.5 Å². The first-order chi connectivity index (χ1) is 22.3. The van der Waals surface area contributed by atoms with E-state index in [4.69, 9.17) is 34.8 Å². The molecule has 4 aromatic carbocycles. The van der Waals surface area contributed by atoms with Crippen molar-refractivity contribution in [3.05, 3.63) is 128 Å². The second kappa shape index (κ2) is 16.0. The first kappa shape index (κ1) is 36.3. The fourth-order valence-electron chi connectivity index (χ4n) is 5.05. The molecule has 248 valence electrons. The monoisotopic (exact) mass is 713 g/mol. The van der Waals surface area contributed by atoms with Crippen LogP contribution in [0.3, 0.4) is 0 Å². The number of nitrogens with one attached hydrogen (secondary N) is 1. The van der Waals surface area contributed by atoms with Crippen LogP contribution >= 0.6 is 34.8 Å². The Hall–Kier alpha value is -3.56. The molecule has 0 unspecified atom stereocenters. The van der Waals surface area contributed by atoms with Crippen molar-refractivity contribution in [2.45, 2.75) is 64.1 Å². The van der Waals surface area contributed by atoms with Crippen molar-refractivity contribution in [3.63, 3.8) is 0 Å². The number of halogens is 3. The predicted molar refractivity (Wildman–Crippen MR) is 191 cm³/mol. The van der Waals surface area contributed by atoms with Crippen molar-refractivity contribution in [1.29, 1.82) is 0 Å². The summed E-state index contributed by atoms with van der Waals surface area (Å²) in [6, 6.07) is 24.4. The average Bonchev–Trinajstić information content (AvgIpc) is 3.04. The summed E-state index contributed by atoms with van der Waals surface area (Å²) in [4.78, 5) is 30.1. The minimum atomic E-state index is -4.27. The molecule has 0 aromatic heterocycles. The number of amides is 2. The van der Waals surface area contributed by atoms with Crippen LogP contribution in [0, 0.1) is 13.8 Å². The molecule has 0 aliphatic rings. The Kier molecular flexibility index (Phi) is 12.4. The number of rotatable bonds is 13. The van der Waals surface area contributed by atoms with Gasteiger partial charge in [-0.2, -0.15) is 0 Å². The smallest absolute Gasteiger partial charge is 0.264 e. The van der Waals surface area contributed by atoms with E-state index in [1.54, 1.807) is 55.5 Å². The van der Waals surface area contributed by atoms with Gasteiger partial charge >= 0.3 is 0 Å². The molecule has 47 heavy (non-hydrogen) atoms. The molecule has 7 nitrogen and oxygen atoms in total. The van der Waals surface area contributed by atoms with E-state index in [1.165, 1.54) is 17.0 Å². The molecule has 4 rings (SSSR count). The maximum Gasteiger partial charge on any atom is 0.264 e. The first-order valence-corrected chi connectivity index (χ1v) is 17.8. The zero-order valence-electron chi connectivity index (χ0n) is 26.7. The molecule has 0 heterocycles. The van der Waals surface area contributed by atoms with E-state index >= 15 is 0 Å². The van der Waals surface area contributed by atoms with Crippen molar-refractivity contribution in [1.82, 2.24) is 10.2 Å². The van der Waals surface area contributed by atoms with Gasteiger partial charge in [0, 0.05) is 34.1 Å². The molecule has 0 saturated heterocycles. The molecule has 2 atom stereocenters. The number of aryl methyl sites for hydroxylation is 1. The maximum absolute atomic E-state index is 14.7. The van der Waals surface area contributed by atoms with Gasteiger partial charge in [-0.3, -0.25) is 13.9 Å². The number of benzene rings is 4. The Morgan fingerprint density at radius 2 is 1.53 bits per heavy atom. The molecular formula is C36H38Cl3N3O4S. The average molecular weight is 715 g/mol. The third-order valence-electron chi connectivity index (χ3n) is 8.02. The largest absolute Gasteiger partial charge is 0.352 e. The van der Waals surface area contributed by atoms with Crippen molar-refractivity contribution in [2.75, 3.05) is 10.8 Å². The van der Waals surface area contributed by atoms with E-state index in [1.807, 2.05) is 51.1 Å². The lowest BCUT2D eigenvalue weighted by atomic mass is 10.0. The van der Waals surface area contributed by atoms with Gasteiger partial charge < -0.3 is 10.2 Å². The van der Waals surface area contributed by atoms with E-state index in [2.05, 4.69) is 5.32 Å². The number of carbonyl (C=O) groups is 2. The van der Waals surface area contributed by atoms with E-state index in [9.17, 15) is 18.0 Å². The summed E-state index contributed by atoms with van der Waals surface area (Å²) < 4.78 is 29.6. The quantitative estimate of drug-likeness (QED) is 0.152. The summed E-state index contributed by atoms with van der Waals surface area (Å²) in [5.41, 5.74) is 2.99. The van der Waals surface area contributed by atoms with Crippen molar-refractivity contribution >= 4 is 62.3 Å². The number of hydrogen-bond acceptors (Lipinski definition) is 4. The molecule has 1 N–H and O–H groups in total. The predicted octanol–water partition coefficient (Wildman–Crippen LogP) is 8.01. The lowest BCUT2D eigenvalue weighted by molar-refractivity contribution is -0.140. The summed E-state index contributed by atoms with van der Waals surface area (Å²) >= 11 is 19.2. The van der Waals surface area contributed by atoms with E-state index in [0.29, 0.717) is 32.6 Å². The Morgan fingerprint density at radius 1 is 0.851 bits per heavy atom. The minimum Gasteiger partial charge on any atom is -0.352 e. The number of sulfonamides is 1. The first-order valence-electron chi connectivity index (χ1n) is 15.2. The van der Waals surface area contributed by atoms with Gasteiger partial charge in [0.2, 0.25) is 11.8 Å². The van der Waals surface area contributed by atoms with E-state index in [0.717, 1.165) is 15.4 Å². The lowest BCUT2D eigenvalue weighted by Gasteiger charge is -2.35. The van der Waals surface area contributed by atoms with E-state index < -0.39 is 28.5 Å². The number of hydrogen-bond donors (Lipinski definition) is 1. The van der Waals surface area contributed by atoms with Gasteiger partial charge in [0.15, 0.2) is 0 Å². The van der Waals surface area contributed by atoms with Gasteiger partial charge in [-0.05, 0) is 80.3 Å². The van der Waals surface area contributed by atoms with Gasteiger partial charge in [-0.25, -0.2) is 8.42 Å². The number of nitrogens with zero attached hydrogens (tertiary/aromatic N) is 2. The lowest BCUT2D eigenvalue weighted by Crippen LogP contribution is -2.54. The number of anilines is 1. The van der Waals surface area contributed by atoms with Gasteiger partial charge in [0.1, 0.15) is 12.6 Å². The molecule has 0 bridgehead atoms. The van der Waals surface area contributed by atoms with Crippen LogP contribution in [0.15, 0.2) is 95.9 Å². The van der Waals surface area contributed by atoms with Gasteiger partial charge in [0.25, 0.3) is 10.0 Å². The van der Waals surface area contributed by atoms with Crippen LogP contribution in [0.1, 0.15) is 42.5 Å². The topological polar surface area (TPSA) is 86.8 Å². The molecule has 11 heteroatoms. The number of carbonyl (C=O) groups excluding carboxylic acids is 2. The van der Waals surface area contributed by atoms with Crippen molar-refractivity contribution in [3.8, 4) is 0 Å². The van der Waals surface area contributed by atoms with Crippen molar-refractivity contribution < 1.29 is 18.0 Å². The second-order valence-electron chi connectivity index (χ2n) is 11.5. The highest BCUT2D eigenvalue weighted by molar-refractivity contribution is 7.92. The summed E-state index contributed by atoms with van der Waals surface area (Å²) in [7, 11) is -4.27. The zero-order chi connectivity index (χ0) is 34.3. The molecule has 0 radical (unpaired) electrons. The minimum absolute atomic E-state index is 0.0120. The highest BCUT2D eigenvalue weighted by atomic mass is 35.5. The third-order valence-corrected chi connectivity index (χ3v) is 10.8. The second-order valence-corrected chi connectivity index (χ2v) is 14.6. The third kappa shape index (κ3) is 9.08. The van der Waals surface area contributed by atoms with Crippen LogP contribution in [-0.4, -0.2) is 43.8 Å². The van der Waals surface area contributed by atoms with Crippen LogP contribution in [0.4, 0.5) is 5.69 Å². The maximum atomic E-state index is 14.7. The van der Waals surface area contributed by atoms with Crippen molar-refractivity contribution in [2.24, 2.45) is 0 Å². The van der Waals surface area contributed by atoms with Gasteiger partial charge in [-0.1, -0.05) is 102 Å². The van der Waals surface area contributed by atoms with Crippen LogP contribution in [0.2, 0.25) is 15.1 Å². The fraction of sp³-hybridized carbons (Fsp3) is 0.278. The standard InChI is InChI=1S/C36H38Cl3N3O4S/c1-5-25(3)40-36(44)34(20-27-10-7-6-8-11-27)41(22-28-16-17-29(37)21-32(28)39)35(43)23-42(33-13-9-12-31(38)26(33)4)47(45,46)30-18-14-24(2)15-19-30/h6-19,21,25,34H,5,20,22-23H2,1-4H3,(H,40,44)/t25-,34+/m0/s1. The van der Waals surface area contributed by atoms with Crippen LogP contribution in [0.25, 0.3) is 0 Å². The molecule has 0 spiro atoms.